The van der Waals surface area contributed by atoms with E-state index < -0.39 is 0 Å². The zero-order chi connectivity index (χ0) is 8.72. The molecule has 2 rings (SSSR count). The zero-order valence-corrected chi connectivity index (χ0v) is 7.45. The molecule has 0 bridgehead atoms. The molecule has 0 radical (unpaired) electrons. The maximum atomic E-state index is 5.78. The summed E-state index contributed by atoms with van der Waals surface area (Å²) in [6.45, 7) is 0. The Hall–Kier alpha value is -0.930. The second kappa shape index (κ2) is 2.54. The molecule has 5 heteroatoms. The fourth-order valence-corrected chi connectivity index (χ4v) is 1.35. The molecule has 0 unspecified atom stereocenters. The minimum Gasteiger partial charge on any atom is -0.369 e. The van der Waals surface area contributed by atoms with E-state index in [-0.39, 0.29) is 0 Å². The molecule has 3 N–H and O–H groups in total. The van der Waals surface area contributed by atoms with E-state index in [1.54, 1.807) is 12.1 Å². The first kappa shape index (κ1) is 7.71. The summed E-state index contributed by atoms with van der Waals surface area (Å²) >= 11 is 11.5. The van der Waals surface area contributed by atoms with Gasteiger partial charge in [0.05, 0.1) is 21.1 Å². The topological polar surface area (TPSA) is 54.7 Å². The average molecular weight is 202 g/mol. The Bertz CT molecular complexity index is 396. The second-order valence-corrected chi connectivity index (χ2v) is 3.22. The van der Waals surface area contributed by atoms with Crippen LogP contribution in [0.1, 0.15) is 0 Å². The molecule has 2 aromatic rings. The number of H-pyrrole nitrogens is 1. The Labute approximate surface area is 78.5 Å². The van der Waals surface area contributed by atoms with Gasteiger partial charge in [-0.25, -0.2) is 4.98 Å². The molecule has 12 heavy (non-hydrogen) atoms. The Morgan fingerprint density at radius 1 is 1.25 bits per heavy atom. The van der Waals surface area contributed by atoms with Gasteiger partial charge in [-0.05, 0) is 12.1 Å². The van der Waals surface area contributed by atoms with Crippen molar-refractivity contribution in [3.63, 3.8) is 0 Å². The molecule has 0 saturated carbocycles. The predicted octanol–water partition coefficient (Wildman–Crippen LogP) is 2.45. The van der Waals surface area contributed by atoms with Crippen molar-refractivity contribution in [1.29, 1.82) is 0 Å². The van der Waals surface area contributed by atoms with E-state index in [2.05, 4.69) is 9.97 Å². The quantitative estimate of drug-likeness (QED) is 0.689. The van der Waals surface area contributed by atoms with Crippen molar-refractivity contribution in [3.05, 3.63) is 22.2 Å². The number of anilines is 1. The van der Waals surface area contributed by atoms with E-state index in [9.17, 15) is 0 Å². The number of hydrogen-bond donors (Lipinski definition) is 2. The third-order valence-corrected chi connectivity index (χ3v) is 2.26. The SMILES string of the molecule is Nc1nc2cc(Cl)c(Cl)cc2[nH]1. The summed E-state index contributed by atoms with van der Waals surface area (Å²) in [5, 5.41) is 0.975. The zero-order valence-electron chi connectivity index (χ0n) is 5.94. The van der Waals surface area contributed by atoms with Crippen molar-refractivity contribution >= 4 is 40.2 Å². The lowest BCUT2D eigenvalue weighted by Crippen LogP contribution is -1.84. The lowest BCUT2D eigenvalue weighted by atomic mass is 10.3. The van der Waals surface area contributed by atoms with Crippen molar-refractivity contribution in [2.24, 2.45) is 0 Å². The van der Waals surface area contributed by atoms with E-state index in [0.29, 0.717) is 16.0 Å². The molecule has 1 aromatic heterocycles. The first-order valence-corrected chi connectivity index (χ1v) is 4.02. The van der Waals surface area contributed by atoms with E-state index in [1.165, 1.54) is 0 Å². The van der Waals surface area contributed by atoms with Crippen molar-refractivity contribution in [2.45, 2.75) is 0 Å². The van der Waals surface area contributed by atoms with Gasteiger partial charge in [-0.3, -0.25) is 0 Å². The minimum absolute atomic E-state index is 0.364. The first-order chi connectivity index (χ1) is 5.66. The Morgan fingerprint density at radius 2 is 1.92 bits per heavy atom. The molecule has 1 heterocycles. The standard InChI is InChI=1S/C7H5Cl2N3/c8-3-1-5-6(2-4(3)9)12-7(10)11-5/h1-2H,(H3,10,11,12). The molecule has 1 aromatic carbocycles. The van der Waals surface area contributed by atoms with Crippen molar-refractivity contribution in [3.8, 4) is 0 Å². The highest BCUT2D eigenvalue weighted by molar-refractivity contribution is 6.42. The lowest BCUT2D eigenvalue weighted by Gasteiger charge is -1.92. The van der Waals surface area contributed by atoms with E-state index in [1.807, 2.05) is 0 Å². The Morgan fingerprint density at radius 3 is 2.67 bits per heavy atom. The summed E-state index contributed by atoms with van der Waals surface area (Å²) in [6.07, 6.45) is 0. The highest BCUT2D eigenvalue weighted by atomic mass is 35.5. The second-order valence-electron chi connectivity index (χ2n) is 2.41. The number of nitrogens with zero attached hydrogens (tertiary/aromatic N) is 1. The number of nitrogen functional groups attached to an aromatic ring is 1. The molecule has 62 valence electrons. The van der Waals surface area contributed by atoms with E-state index in [0.717, 1.165) is 11.0 Å². The van der Waals surface area contributed by atoms with Crippen LogP contribution in [0.2, 0.25) is 10.0 Å². The Kier molecular flexibility index (Phi) is 1.63. The first-order valence-electron chi connectivity index (χ1n) is 3.27. The van der Waals surface area contributed by atoms with Crippen molar-refractivity contribution < 1.29 is 0 Å². The highest BCUT2D eigenvalue weighted by Gasteiger charge is 2.03. The van der Waals surface area contributed by atoms with Crippen LogP contribution < -0.4 is 5.73 Å². The number of halogens is 2. The molecule has 0 saturated heterocycles. The maximum absolute atomic E-state index is 5.78. The molecule has 0 atom stereocenters. The molecule has 3 nitrogen and oxygen atoms in total. The van der Waals surface area contributed by atoms with Crippen LogP contribution in [0.4, 0.5) is 5.95 Å². The third-order valence-electron chi connectivity index (χ3n) is 1.54. The number of imidazole rings is 1. The number of aromatic amines is 1. The molecule has 0 aliphatic heterocycles. The molecule has 0 fully saturated rings. The lowest BCUT2D eigenvalue weighted by molar-refractivity contribution is 1.35. The van der Waals surface area contributed by atoms with Crippen LogP contribution in [-0.4, -0.2) is 9.97 Å². The van der Waals surface area contributed by atoms with Crippen molar-refractivity contribution in [2.75, 3.05) is 5.73 Å². The van der Waals surface area contributed by atoms with Crippen LogP contribution in [0.3, 0.4) is 0 Å². The van der Waals surface area contributed by atoms with Gasteiger partial charge < -0.3 is 10.7 Å². The predicted molar refractivity (Wildman–Crippen MR) is 50.5 cm³/mol. The van der Waals surface area contributed by atoms with Gasteiger partial charge in [0.25, 0.3) is 0 Å². The van der Waals surface area contributed by atoms with Crippen LogP contribution in [0.15, 0.2) is 12.1 Å². The number of hydrogen-bond acceptors (Lipinski definition) is 2. The normalized spacial score (nSPS) is 10.8. The molecular formula is C7H5Cl2N3. The number of rotatable bonds is 0. The minimum atomic E-state index is 0.364. The summed E-state index contributed by atoms with van der Waals surface area (Å²) in [5.41, 5.74) is 6.96. The van der Waals surface area contributed by atoms with Gasteiger partial charge in [0.15, 0.2) is 5.95 Å². The highest BCUT2D eigenvalue weighted by Crippen LogP contribution is 2.26. The number of aromatic nitrogens is 2. The van der Waals surface area contributed by atoms with E-state index >= 15 is 0 Å². The van der Waals surface area contributed by atoms with Gasteiger partial charge >= 0.3 is 0 Å². The monoisotopic (exact) mass is 201 g/mol. The number of benzene rings is 1. The average Bonchev–Trinajstić information content (AvgIpc) is 2.30. The largest absolute Gasteiger partial charge is 0.369 e. The smallest absolute Gasteiger partial charge is 0.198 e. The number of nitrogens with two attached hydrogens (primary N) is 1. The fourth-order valence-electron chi connectivity index (χ4n) is 1.02. The Balaban J connectivity index is 2.83. The summed E-state index contributed by atoms with van der Waals surface area (Å²) in [5.74, 6) is 0.364. The number of nitrogens with one attached hydrogen (secondary N) is 1. The summed E-state index contributed by atoms with van der Waals surface area (Å²) in [6, 6.07) is 3.37. The molecular weight excluding hydrogens is 197 g/mol. The van der Waals surface area contributed by atoms with Gasteiger partial charge in [-0.15, -0.1) is 0 Å². The van der Waals surface area contributed by atoms with Gasteiger partial charge in [-0.2, -0.15) is 0 Å². The molecule has 0 aliphatic rings. The maximum Gasteiger partial charge on any atom is 0.198 e. The van der Waals surface area contributed by atoms with Crippen LogP contribution in [0, 0.1) is 0 Å². The molecule has 0 spiro atoms. The molecule has 0 aliphatic carbocycles. The summed E-state index contributed by atoms with van der Waals surface area (Å²) < 4.78 is 0. The van der Waals surface area contributed by atoms with Crippen molar-refractivity contribution in [1.82, 2.24) is 9.97 Å². The van der Waals surface area contributed by atoms with Gasteiger partial charge in [0, 0.05) is 0 Å². The fraction of sp³-hybridized carbons (Fsp3) is 0. The van der Waals surface area contributed by atoms with E-state index in [4.69, 9.17) is 28.9 Å². The molecule has 0 amide bonds. The van der Waals surface area contributed by atoms with Crippen LogP contribution in [-0.2, 0) is 0 Å². The van der Waals surface area contributed by atoms with Gasteiger partial charge in [0.2, 0.25) is 0 Å². The van der Waals surface area contributed by atoms with Crippen LogP contribution >= 0.6 is 23.2 Å². The number of fused-ring (bicyclic) bond motifs is 1. The summed E-state index contributed by atoms with van der Waals surface area (Å²) in [7, 11) is 0. The van der Waals surface area contributed by atoms with Crippen LogP contribution in [0.25, 0.3) is 11.0 Å². The summed E-state index contributed by atoms with van der Waals surface area (Å²) in [4.78, 5) is 6.84. The third kappa shape index (κ3) is 1.11. The van der Waals surface area contributed by atoms with Gasteiger partial charge in [-0.1, -0.05) is 23.2 Å². The van der Waals surface area contributed by atoms with Crippen LogP contribution in [0.5, 0.6) is 0 Å². The van der Waals surface area contributed by atoms with Gasteiger partial charge in [0.1, 0.15) is 0 Å².